The Morgan fingerprint density at radius 2 is 1.55 bits per heavy atom. The molecule has 102 valence electrons. The van der Waals surface area contributed by atoms with E-state index in [9.17, 15) is 0 Å². The van der Waals surface area contributed by atoms with Crippen LogP contribution in [-0.2, 0) is 0 Å². The van der Waals surface area contributed by atoms with Crippen molar-refractivity contribution in [2.45, 2.75) is 13.8 Å². The molecule has 0 aliphatic heterocycles. The summed E-state index contributed by atoms with van der Waals surface area (Å²) in [6, 6.07) is 7.85. The highest BCUT2D eigenvalue weighted by molar-refractivity contribution is 9.10. The molecule has 1 aromatic heterocycles. The number of aryl methyl sites for hydroxylation is 2. The summed E-state index contributed by atoms with van der Waals surface area (Å²) in [5.41, 5.74) is 11.4. The fraction of sp³-hybridized carbons (Fsp3) is 0.143. The second kappa shape index (κ2) is 4.86. The van der Waals surface area contributed by atoms with Gasteiger partial charge in [0.1, 0.15) is 11.0 Å². The molecule has 0 aliphatic rings. The third-order valence-corrected chi connectivity index (χ3v) is 4.73. The Balaban J connectivity index is 2.22. The fourth-order valence-electron chi connectivity index (χ4n) is 2.04. The van der Waals surface area contributed by atoms with Gasteiger partial charge in [0, 0.05) is 14.6 Å². The van der Waals surface area contributed by atoms with Crippen molar-refractivity contribution >= 4 is 48.6 Å². The Labute approximate surface area is 133 Å². The summed E-state index contributed by atoms with van der Waals surface area (Å²) in [5, 5.41) is 9.03. The standard InChI is InChI=1S/C14H12Br2N4/c1-7-4-14(8(2)3-9(7)15)20-18-12-5-10(16)11(17)6-13(12)19-20/h3-6H,17H2,1-2H3. The highest BCUT2D eigenvalue weighted by atomic mass is 79.9. The predicted molar refractivity (Wildman–Crippen MR) is 88.2 cm³/mol. The summed E-state index contributed by atoms with van der Waals surface area (Å²) >= 11 is 6.94. The van der Waals surface area contributed by atoms with Gasteiger partial charge in [-0.15, -0.1) is 10.2 Å². The van der Waals surface area contributed by atoms with Crippen molar-refractivity contribution in [1.29, 1.82) is 0 Å². The SMILES string of the molecule is Cc1cc(-n2nc3cc(N)c(Br)cc3n2)c(C)cc1Br. The van der Waals surface area contributed by atoms with Gasteiger partial charge in [-0.1, -0.05) is 15.9 Å². The van der Waals surface area contributed by atoms with E-state index in [0.29, 0.717) is 5.69 Å². The monoisotopic (exact) mass is 394 g/mol. The molecule has 3 aromatic rings. The van der Waals surface area contributed by atoms with Gasteiger partial charge in [0.25, 0.3) is 0 Å². The quantitative estimate of drug-likeness (QED) is 0.629. The number of hydrogen-bond acceptors (Lipinski definition) is 3. The van der Waals surface area contributed by atoms with E-state index in [1.807, 2.05) is 26.0 Å². The molecule has 3 rings (SSSR count). The van der Waals surface area contributed by atoms with E-state index in [1.54, 1.807) is 4.80 Å². The van der Waals surface area contributed by atoms with Crippen molar-refractivity contribution in [3.05, 3.63) is 44.3 Å². The van der Waals surface area contributed by atoms with Crippen molar-refractivity contribution in [2.24, 2.45) is 0 Å². The number of hydrogen-bond donors (Lipinski definition) is 1. The molecule has 0 atom stereocenters. The van der Waals surface area contributed by atoms with Gasteiger partial charge in [-0.25, -0.2) is 0 Å². The van der Waals surface area contributed by atoms with Gasteiger partial charge in [-0.2, -0.15) is 4.80 Å². The third kappa shape index (κ3) is 2.23. The molecule has 0 aliphatic carbocycles. The number of benzene rings is 2. The van der Waals surface area contributed by atoms with Crippen LogP contribution < -0.4 is 5.73 Å². The van der Waals surface area contributed by atoms with Gasteiger partial charge in [0.15, 0.2) is 0 Å². The van der Waals surface area contributed by atoms with Gasteiger partial charge in [-0.3, -0.25) is 0 Å². The van der Waals surface area contributed by atoms with Crippen LogP contribution in [0, 0.1) is 13.8 Å². The molecule has 0 radical (unpaired) electrons. The molecule has 4 nitrogen and oxygen atoms in total. The molecular weight excluding hydrogens is 384 g/mol. The maximum Gasteiger partial charge on any atom is 0.115 e. The summed E-state index contributed by atoms with van der Waals surface area (Å²) in [4.78, 5) is 1.66. The van der Waals surface area contributed by atoms with Crippen LogP contribution in [0.3, 0.4) is 0 Å². The fourth-order valence-corrected chi connectivity index (χ4v) is 2.83. The number of fused-ring (bicyclic) bond motifs is 1. The summed E-state index contributed by atoms with van der Waals surface area (Å²) in [6.07, 6.45) is 0. The van der Waals surface area contributed by atoms with E-state index in [-0.39, 0.29) is 0 Å². The molecule has 0 saturated carbocycles. The number of halogens is 2. The second-order valence-electron chi connectivity index (χ2n) is 4.74. The smallest absolute Gasteiger partial charge is 0.115 e. The topological polar surface area (TPSA) is 56.7 Å². The predicted octanol–water partition coefficient (Wildman–Crippen LogP) is 4.14. The lowest BCUT2D eigenvalue weighted by molar-refractivity contribution is 0.759. The van der Waals surface area contributed by atoms with E-state index in [2.05, 4.69) is 54.2 Å². The molecule has 0 unspecified atom stereocenters. The van der Waals surface area contributed by atoms with E-state index in [4.69, 9.17) is 5.73 Å². The first kappa shape index (κ1) is 13.6. The largest absolute Gasteiger partial charge is 0.398 e. The number of aromatic nitrogens is 3. The number of nitrogen functional groups attached to an aromatic ring is 1. The van der Waals surface area contributed by atoms with Crippen molar-refractivity contribution in [1.82, 2.24) is 15.0 Å². The lowest BCUT2D eigenvalue weighted by Gasteiger charge is -2.07. The summed E-state index contributed by atoms with van der Waals surface area (Å²) in [7, 11) is 0. The van der Waals surface area contributed by atoms with Crippen molar-refractivity contribution < 1.29 is 0 Å². The third-order valence-electron chi connectivity index (χ3n) is 3.19. The molecule has 2 aromatic carbocycles. The van der Waals surface area contributed by atoms with Crippen LogP contribution in [0.15, 0.2) is 33.2 Å². The average molecular weight is 396 g/mol. The first-order valence-electron chi connectivity index (χ1n) is 6.05. The van der Waals surface area contributed by atoms with Crippen LogP contribution in [0.4, 0.5) is 5.69 Å². The van der Waals surface area contributed by atoms with Crippen LogP contribution in [0.1, 0.15) is 11.1 Å². The van der Waals surface area contributed by atoms with Gasteiger partial charge in [0.05, 0.1) is 5.69 Å². The van der Waals surface area contributed by atoms with E-state index in [0.717, 1.165) is 36.8 Å². The molecule has 0 bridgehead atoms. The zero-order chi connectivity index (χ0) is 14.4. The number of anilines is 1. The van der Waals surface area contributed by atoms with Crippen molar-refractivity contribution in [3.8, 4) is 5.69 Å². The van der Waals surface area contributed by atoms with E-state index >= 15 is 0 Å². The number of nitrogens with zero attached hydrogens (tertiary/aromatic N) is 3. The van der Waals surface area contributed by atoms with Gasteiger partial charge in [-0.05, 0) is 65.2 Å². The summed E-state index contributed by atoms with van der Waals surface area (Å²) in [6.45, 7) is 4.09. The van der Waals surface area contributed by atoms with E-state index in [1.165, 1.54) is 0 Å². The van der Waals surface area contributed by atoms with Gasteiger partial charge >= 0.3 is 0 Å². The van der Waals surface area contributed by atoms with Crippen LogP contribution >= 0.6 is 31.9 Å². The Kier molecular flexibility index (Phi) is 3.30. The molecule has 0 saturated heterocycles. The number of rotatable bonds is 1. The molecule has 0 amide bonds. The molecule has 20 heavy (non-hydrogen) atoms. The highest BCUT2D eigenvalue weighted by Gasteiger charge is 2.10. The van der Waals surface area contributed by atoms with Crippen LogP contribution in [0.2, 0.25) is 0 Å². The van der Waals surface area contributed by atoms with Crippen LogP contribution in [0.25, 0.3) is 16.7 Å². The molecule has 2 N–H and O–H groups in total. The normalized spacial score (nSPS) is 11.2. The Morgan fingerprint density at radius 3 is 2.25 bits per heavy atom. The van der Waals surface area contributed by atoms with Gasteiger partial charge in [0.2, 0.25) is 0 Å². The molecule has 0 spiro atoms. The Hall–Kier alpha value is -1.40. The Bertz CT molecular complexity index is 785. The maximum absolute atomic E-state index is 5.88. The molecular formula is C14H12Br2N4. The summed E-state index contributed by atoms with van der Waals surface area (Å²) < 4.78 is 1.92. The highest BCUT2D eigenvalue weighted by Crippen LogP contribution is 2.26. The first-order valence-corrected chi connectivity index (χ1v) is 7.63. The molecule has 6 heteroatoms. The zero-order valence-corrected chi connectivity index (χ0v) is 14.2. The lowest BCUT2D eigenvalue weighted by Crippen LogP contribution is -2.01. The van der Waals surface area contributed by atoms with E-state index < -0.39 is 0 Å². The van der Waals surface area contributed by atoms with Crippen LogP contribution in [-0.4, -0.2) is 15.0 Å². The number of nitrogens with two attached hydrogens (primary N) is 1. The van der Waals surface area contributed by atoms with Crippen molar-refractivity contribution in [2.75, 3.05) is 5.73 Å². The minimum absolute atomic E-state index is 0.660. The first-order chi connectivity index (χ1) is 9.45. The van der Waals surface area contributed by atoms with Crippen LogP contribution in [0.5, 0.6) is 0 Å². The molecule has 0 fully saturated rings. The maximum atomic E-state index is 5.88. The van der Waals surface area contributed by atoms with Crippen molar-refractivity contribution in [3.63, 3.8) is 0 Å². The minimum atomic E-state index is 0.660. The zero-order valence-electron chi connectivity index (χ0n) is 11.0. The Morgan fingerprint density at radius 1 is 0.900 bits per heavy atom. The summed E-state index contributed by atoms with van der Waals surface area (Å²) in [5.74, 6) is 0. The lowest BCUT2D eigenvalue weighted by atomic mass is 10.1. The minimum Gasteiger partial charge on any atom is -0.398 e. The second-order valence-corrected chi connectivity index (χ2v) is 6.45. The molecule has 1 heterocycles. The average Bonchev–Trinajstić information content (AvgIpc) is 2.77. The van der Waals surface area contributed by atoms with Gasteiger partial charge < -0.3 is 5.73 Å².